The molecule has 0 unspecified atom stereocenters. The summed E-state index contributed by atoms with van der Waals surface area (Å²) in [7, 11) is 0. The van der Waals surface area contributed by atoms with Crippen molar-refractivity contribution in [2.45, 2.75) is 6.54 Å². The maximum atomic E-state index is 6.21. The van der Waals surface area contributed by atoms with Crippen molar-refractivity contribution in [3.63, 3.8) is 0 Å². The highest BCUT2D eigenvalue weighted by Crippen LogP contribution is 2.26. The number of rotatable bonds is 3. The first kappa shape index (κ1) is 13.7. The lowest BCUT2D eigenvalue weighted by Gasteiger charge is -2.34. The number of hydrogen-bond donors (Lipinski definition) is 1. The first-order valence-corrected chi connectivity index (χ1v) is 7.25. The molecule has 3 rings (SSSR count). The van der Waals surface area contributed by atoms with Crippen LogP contribution in [0.4, 0.5) is 5.95 Å². The first-order chi connectivity index (χ1) is 9.74. The maximum absolute atomic E-state index is 6.21. The van der Waals surface area contributed by atoms with Crippen molar-refractivity contribution in [1.82, 2.24) is 20.1 Å². The molecule has 2 heterocycles. The molecule has 106 valence electrons. The van der Waals surface area contributed by atoms with Gasteiger partial charge in [-0.25, -0.2) is 5.10 Å². The minimum absolute atomic E-state index is 0.732. The Morgan fingerprint density at radius 2 is 1.80 bits per heavy atom. The van der Waals surface area contributed by atoms with Crippen molar-refractivity contribution < 1.29 is 0 Å². The largest absolute Gasteiger partial charge is 0.339 e. The van der Waals surface area contributed by atoms with Gasteiger partial charge in [0.15, 0.2) is 0 Å². The van der Waals surface area contributed by atoms with Crippen molar-refractivity contribution in [1.29, 1.82) is 0 Å². The molecule has 0 atom stereocenters. The molecule has 0 aliphatic carbocycles. The third-order valence-corrected chi connectivity index (χ3v) is 4.23. The quantitative estimate of drug-likeness (QED) is 0.946. The number of nitrogens with one attached hydrogen (secondary N) is 1. The van der Waals surface area contributed by atoms with E-state index in [1.54, 1.807) is 0 Å². The zero-order chi connectivity index (χ0) is 13.9. The highest BCUT2D eigenvalue weighted by molar-refractivity contribution is 6.35. The van der Waals surface area contributed by atoms with Gasteiger partial charge in [-0.2, -0.15) is 10.1 Å². The van der Waals surface area contributed by atoms with Crippen LogP contribution in [-0.4, -0.2) is 46.3 Å². The summed E-state index contributed by atoms with van der Waals surface area (Å²) in [5.41, 5.74) is 1.00. The van der Waals surface area contributed by atoms with E-state index in [1.165, 1.54) is 6.33 Å². The van der Waals surface area contributed by atoms with Gasteiger partial charge in [0.1, 0.15) is 6.33 Å². The summed E-state index contributed by atoms with van der Waals surface area (Å²) < 4.78 is 0. The lowest BCUT2D eigenvalue weighted by molar-refractivity contribution is 0.249. The molecule has 1 aliphatic rings. The number of piperazine rings is 1. The van der Waals surface area contributed by atoms with Crippen molar-refractivity contribution in [2.75, 3.05) is 31.1 Å². The van der Waals surface area contributed by atoms with Gasteiger partial charge in [-0.1, -0.05) is 29.3 Å². The van der Waals surface area contributed by atoms with E-state index in [2.05, 4.69) is 25.0 Å². The van der Waals surface area contributed by atoms with Gasteiger partial charge in [0.05, 0.1) is 0 Å². The second-order valence-corrected chi connectivity index (χ2v) is 5.59. The molecule has 0 saturated carbocycles. The molecule has 1 saturated heterocycles. The summed E-state index contributed by atoms with van der Waals surface area (Å²) in [6.45, 7) is 4.50. The Kier molecular flexibility index (Phi) is 4.10. The van der Waals surface area contributed by atoms with Gasteiger partial charge in [-0.05, 0) is 12.1 Å². The Bertz CT molecular complexity index is 544. The Hall–Kier alpha value is -1.30. The van der Waals surface area contributed by atoms with E-state index < -0.39 is 0 Å². The average Bonchev–Trinajstić information content (AvgIpc) is 2.98. The predicted molar refractivity (Wildman–Crippen MR) is 80.3 cm³/mol. The Morgan fingerprint density at radius 1 is 1.10 bits per heavy atom. The van der Waals surface area contributed by atoms with Crippen LogP contribution in [0.3, 0.4) is 0 Å². The third-order valence-electron chi connectivity index (χ3n) is 3.52. The summed E-state index contributed by atoms with van der Waals surface area (Å²) >= 11 is 12.4. The molecule has 1 N–H and O–H groups in total. The molecule has 1 aromatic carbocycles. The van der Waals surface area contributed by atoms with E-state index in [4.69, 9.17) is 23.2 Å². The number of H-pyrrole nitrogens is 1. The van der Waals surface area contributed by atoms with E-state index in [9.17, 15) is 0 Å². The zero-order valence-corrected chi connectivity index (χ0v) is 12.4. The van der Waals surface area contributed by atoms with Crippen molar-refractivity contribution in [3.05, 3.63) is 40.1 Å². The minimum Gasteiger partial charge on any atom is -0.339 e. The number of aromatic nitrogens is 3. The van der Waals surface area contributed by atoms with Gasteiger partial charge < -0.3 is 4.90 Å². The molecule has 0 radical (unpaired) electrons. The van der Waals surface area contributed by atoms with E-state index in [1.807, 2.05) is 18.2 Å². The highest BCUT2D eigenvalue weighted by Gasteiger charge is 2.20. The lowest BCUT2D eigenvalue weighted by atomic mass is 10.2. The summed E-state index contributed by atoms with van der Waals surface area (Å²) in [6.07, 6.45) is 1.53. The van der Waals surface area contributed by atoms with Crippen LogP contribution in [0.2, 0.25) is 10.0 Å². The number of nitrogens with zero attached hydrogens (tertiary/aromatic N) is 4. The summed E-state index contributed by atoms with van der Waals surface area (Å²) in [4.78, 5) is 8.72. The molecule has 0 spiro atoms. The van der Waals surface area contributed by atoms with Gasteiger partial charge in [0.25, 0.3) is 0 Å². The molecular weight excluding hydrogens is 297 g/mol. The standard InChI is InChI=1S/C13H15Cl2N5/c14-11-2-1-3-12(15)10(11)8-19-4-6-20(7-5-19)13-16-9-17-18-13/h1-3,9H,4-8H2,(H,16,17,18). The molecular formula is C13H15Cl2N5. The second kappa shape index (κ2) is 5.99. The first-order valence-electron chi connectivity index (χ1n) is 6.49. The van der Waals surface area contributed by atoms with Crippen LogP contribution in [0, 0.1) is 0 Å². The monoisotopic (exact) mass is 311 g/mol. The molecule has 5 nitrogen and oxygen atoms in total. The Labute approximate surface area is 127 Å². The van der Waals surface area contributed by atoms with Crippen LogP contribution in [0.15, 0.2) is 24.5 Å². The summed E-state index contributed by atoms with van der Waals surface area (Å²) in [5, 5.41) is 8.24. The van der Waals surface area contributed by atoms with Crippen LogP contribution >= 0.6 is 23.2 Å². The Morgan fingerprint density at radius 3 is 2.40 bits per heavy atom. The summed E-state index contributed by atoms with van der Waals surface area (Å²) in [6, 6.07) is 5.64. The third kappa shape index (κ3) is 2.90. The van der Waals surface area contributed by atoms with E-state index in [-0.39, 0.29) is 0 Å². The predicted octanol–water partition coefficient (Wildman–Crippen LogP) is 2.43. The lowest BCUT2D eigenvalue weighted by Crippen LogP contribution is -2.46. The van der Waals surface area contributed by atoms with E-state index in [0.717, 1.165) is 54.3 Å². The van der Waals surface area contributed by atoms with Gasteiger partial charge in [0.2, 0.25) is 5.95 Å². The average molecular weight is 312 g/mol. The fourth-order valence-electron chi connectivity index (χ4n) is 2.38. The molecule has 0 bridgehead atoms. The number of benzene rings is 1. The number of anilines is 1. The maximum Gasteiger partial charge on any atom is 0.221 e. The van der Waals surface area contributed by atoms with Gasteiger partial charge >= 0.3 is 0 Å². The second-order valence-electron chi connectivity index (χ2n) is 4.77. The Balaban J connectivity index is 1.61. The number of halogens is 2. The van der Waals surface area contributed by atoms with E-state index >= 15 is 0 Å². The molecule has 2 aromatic rings. The molecule has 1 aliphatic heterocycles. The van der Waals surface area contributed by atoms with Crippen molar-refractivity contribution in [2.24, 2.45) is 0 Å². The highest BCUT2D eigenvalue weighted by atomic mass is 35.5. The van der Waals surface area contributed by atoms with Gasteiger partial charge in [-0.15, -0.1) is 0 Å². The fourth-order valence-corrected chi connectivity index (χ4v) is 2.89. The van der Waals surface area contributed by atoms with Gasteiger partial charge in [-0.3, -0.25) is 4.90 Å². The number of hydrogen-bond acceptors (Lipinski definition) is 4. The smallest absolute Gasteiger partial charge is 0.221 e. The fraction of sp³-hybridized carbons (Fsp3) is 0.385. The molecule has 1 aromatic heterocycles. The molecule has 1 fully saturated rings. The van der Waals surface area contributed by atoms with E-state index in [0.29, 0.717) is 0 Å². The molecule has 0 amide bonds. The zero-order valence-electron chi connectivity index (χ0n) is 10.9. The molecule has 7 heteroatoms. The topological polar surface area (TPSA) is 48.1 Å². The van der Waals surface area contributed by atoms with Crippen LogP contribution in [-0.2, 0) is 6.54 Å². The van der Waals surface area contributed by atoms with Crippen LogP contribution in [0.5, 0.6) is 0 Å². The SMILES string of the molecule is Clc1cccc(Cl)c1CN1CCN(c2ncn[nH]2)CC1. The van der Waals surface area contributed by atoms with Crippen LogP contribution < -0.4 is 4.90 Å². The van der Waals surface area contributed by atoms with Gasteiger partial charge in [0, 0.05) is 48.3 Å². The molecule has 20 heavy (non-hydrogen) atoms. The summed E-state index contributed by atoms with van der Waals surface area (Å²) in [5.74, 6) is 0.834. The van der Waals surface area contributed by atoms with Crippen molar-refractivity contribution in [3.8, 4) is 0 Å². The normalized spacial score (nSPS) is 16.6. The number of aromatic amines is 1. The minimum atomic E-state index is 0.732. The van der Waals surface area contributed by atoms with Crippen molar-refractivity contribution >= 4 is 29.2 Å². The van der Waals surface area contributed by atoms with Crippen LogP contribution in [0.1, 0.15) is 5.56 Å². The van der Waals surface area contributed by atoms with Crippen LogP contribution in [0.25, 0.3) is 0 Å².